The first kappa shape index (κ1) is 41.6. The van der Waals surface area contributed by atoms with Gasteiger partial charge in [0.05, 0.1) is 46.7 Å². The van der Waals surface area contributed by atoms with Crippen molar-refractivity contribution in [3.63, 3.8) is 0 Å². The first-order chi connectivity index (χ1) is 28.2. The maximum absolute atomic E-state index is 14.4. The van der Waals surface area contributed by atoms with Crippen LogP contribution in [0.5, 0.6) is 0 Å². The molecular weight excluding hydrogens is 768 g/mol. The molecule has 3 N–H and O–H groups in total. The minimum absolute atomic E-state index is 0.00768. The van der Waals surface area contributed by atoms with Crippen molar-refractivity contribution in [3.05, 3.63) is 108 Å². The minimum Gasteiger partial charge on any atom is -0.391 e. The predicted molar refractivity (Wildman–Crippen MR) is 228 cm³/mol. The lowest BCUT2D eigenvalue weighted by molar-refractivity contribution is -0.144. The fraction of sp³-hybridized carbons (Fsp3) is 0.378. The van der Waals surface area contributed by atoms with Crippen molar-refractivity contribution in [1.82, 2.24) is 35.6 Å². The molecule has 4 atom stereocenters. The lowest BCUT2D eigenvalue weighted by atomic mass is 9.85. The summed E-state index contributed by atoms with van der Waals surface area (Å²) in [5, 5.41) is 25.0. The Morgan fingerprint density at radius 3 is 2.29 bits per heavy atom. The van der Waals surface area contributed by atoms with Gasteiger partial charge in [0.2, 0.25) is 17.7 Å². The van der Waals surface area contributed by atoms with Crippen molar-refractivity contribution in [2.45, 2.75) is 65.3 Å². The zero-order chi connectivity index (χ0) is 41.8. The number of rotatable bonds is 11. The monoisotopic (exact) mass is 818 g/mol. The van der Waals surface area contributed by atoms with Gasteiger partial charge < -0.3 is 25.5 Å². The third-order valence-corrected chi connectivity index (χ3v) is 12.1. The van der Waals surface area contributed by atoms with Gasteiger partial charge in [-0.3, -0.25) is 19.3 Å². The number of nitrogens with one attached hydrogen (secondary N) is 2. The minimum atomic E-state index is -0.908. The Morgan fingerprint density at radius 2 is 1.63 bits per heavy atom. The molecule has 12 nitrogen and oxygen atoms in total. The Morgan fingerprint density at radius 1 is 0.932 bits per heavy atom. The highest BCUT2D eigenvalue weighted by molar-refractivity contribution is 7.13. The smallest absolute Gasteiger partial charge is 0.246 e. The number of β-amino-alcohol motifs (C(OH)–C–C–N with tert-alkyl or cyclic N) is 1. The van der Waals surface area contributed by atoms with Gasteiger partial charge >= 0.3 is 0 Å². The zero-order valence-corrected chi connectivity index (χ0v) is 34.9. The molecule has 0 radical (unpaired) electrons. The molecule has 2 aromatic heterocycles. The number of piperazine rings is 1. The summed E-state index contributed by atoms with van der Waals surface area (Å²) in [6, 6.07) is 22.3. The van der Waals surface area contributed by atoms with Gasteiger partial charge in [-0.25, -0.2) is 9.37 Å². The van der Waals surface area contributed by atoms with E-state index in [0.717, 1.165) is 38.5 Å². The standard InChI is InChI=1S/C45H51FN8O4S/c1-28(30-10-12-32(13-11-30)41-29(2)47-27-59-41)49-43(57)39-23-35(55)25-54(39)44(58)42(45(3,4)5)50-40(56)26-52-18-20-53(21-19-52)34-16-14-31(15-17-34)33-22-38(51-48-24-33)36-8-6-7-9-37(36)46/h6-17,22,24,27-28,35,39,42,55H,18-21,23,25-26H2,1-5H3,(H,49,57)(H,50,56)/t28-,35+,39-,42+/m0/s1. The average molecular weight is 819 g/mol. The molecule has 7 rings (SSSR count). The quantitative estimate of drug-likeness (QED) is 0.149. The van der Waals surface area contributed by atoms with Gasteiger partial charge in [-0.15, -0.1) is 11.3 Å². The maximum atomic E-state index is 14.4. The highest BCUT2D eigenvalue weighted by Crippen LogP contribution is 2.31. The van der Waals surface area contributed by atoms with Gasteiger partial charge in [0, 0.05) is 56.0 Å². The molecule has 0 spiro atoms. The van der Waals surface area contributed by atoms with Crippen LogP contribution in [-0.4, -0.2) is 105 Å². The average Bonchev–Trinajstić information content (AvgIpc) is 3.85. The number of likely N-dealkylation sites (tertiary alicyclic amines) is 1. The van der Waals surface area contributed by atoms with E-state index in [1.54, 1.807) is 35.7 Å². The lowest BCUT2D eigenvalue weighted by Gasteiger charge is -2.37. The Balaban J connectivity index is 0.924. The number of benzene rings is 3. The predicted octanol–water partition coefficient (Wildman–Crippen LogP) is 5.87. The van der Waals surface area contributed by atoms with Crippen molar-refractivity contribution in [1.29, 1.82) is 0 Å². The number of anilines is 1. The summed E-state index contributed by atoms with van der Waals surface area (Å²) >= 11 is 1.58. The molecule has 5 aromatic rings. The van der Waals surface area contributed by atoms with Crippen molar-refractivity contribution < 1.29 is 23.9 Å². The van der Waals surface area contributed by atoms with Gasteiger partial charge in [0.15, 0.2) is 0 Å². The van der Waals surface area contributed by atoms with Crippen molar-refractivity contribution >= 4 is 34.7 Å². The first-order valence-electron chi connectivity index (χ1n) is 20.0. The third-order valence-electron chi connectivity index (χ3n) is 11.2. The molecule has 2 saturated heterocycles. The van der Waals surface area contributed by atoms with E-state index in [-0.39, 0.29) is 43.2 Å². The first-order valence-corrected chi connectivity index (χ1v) is 20.9. The summed E-state index contributed by atoms with van der Waals surface area (Å²) in [5.74, 6) is -1.36. The Kier molecular flexibility index (Phi) is 12.5. The van der Waals surface area contributed by atoms with E-state index in [9.17, 15) is 23.9 Å². The largest absolute Gasteiger partial charge is 0.391 e. The summed E-state index contributed by atoms with van der Waals surface area (Å²) in [6.07, 6.45) is 0.920. The molecule has 308 valence electrons. The van der Waals surface area contributed by atoms with Gasteiger partial charge in [-0.2, -0.15) is 10.2 Å². The van der Waals surface area contributed by atoms with Crippen LogP contribution < -0.4 is 15.5 Å². The summed E-state index contributed by atoms with van der Waals surface area (Å²) < 4.78 is 14.4. The van der Waals surface area contributed by atoms with Crippen LogP contribution in [0.3, 0.4) is 0 Å². The van der Waals surface area contributed by atoms with Crippen molar-refractivity contribution in [3.8, 4) is 32.8 Å². The van der Waals surface area contributed by atoms with Crippen LogP contribution in [0.15, 0.2) is 90.6 Å². The van der Waals surface area contributed by atoms with Gasteiger partial charge in [-0.05, 0) is 66.3 Å². The number of aliphatic hydroxyl groups excluding tert-OH is 1. The van der Waals surface area contributed by atoms with E-state index < -0.39 is 29.5 Å². The Bertz CT molecular complexity index is 2270. The topological polar surface area (TPSA) is 144 Å². The Hall–Kier alpha value is -5.57. The summed E-state index contributed by atoms with van der Waals surface area (Å²) in [6.45, 7) is 12.4. The summed E-state index contributed by atoms with van der Waals surface area (Å²) in [5.41, 5.74) is 7.79. The van der Waals surface area contributed by atoms with Crippen LogP contribution in [0.2, 0.25) is 0 Å². The van der Waals surface area contributed by atoms with Crippen molar-refractivity contribution in [2.24, 2.45) is 5.41 Å². The SMILES string of the molecule is Cc1ncsc1-c1ccc([C@H](C)NC(=O)[C@@H]2C[C@@H](O)CN2C(=O)[C@@H](NC(=O)CN2CCN(c3ccc(-c4cnnc(-c5ccccc5F)c4)cc3)CC2)C(C)(C)C)cc1. The van der Waals surface area contributed by atoms with Crippen molar-refractivity contribution in [2.75, 3.05) is 44.2 Å². The number of carbonyl (C=O) groups excluding carboxylic acids is 3. The number of aromatic nitrogens is 3. The van der Waals surface area contributed by atoms with Gasteiger partial charge in [-0.1, -0.05) is 69.3 Å². The lowest BCUT2D eigenvalue weighted by Crippen LogP contribution is -2.59. The normalized spacial score (nSPS) is 18.4. The molecule has 4 heterocycles. The number of amides is 3. The molecule has 0 aliphatic carbocycles. The molecule has 2 aliphatic heterocycles. The second-order valence-electron chi connectivity index (χ2n) is 16.5. The van der Waals surface area contributed by atoms with Crippen LogP contribution >= 0.6 is 11.3 Å². The number of nitrogens with zero attached hydrogens (tertiary/aromatic N) is 6. The van der Waals surface area contributed by atoms with E-state index in [1.807, 2.05) is 94.7 Å². The van der Waals surface area contributed by atoms with Crippen LogP contribution in [0.4, 0.5) is 10.1 Å². The highest BCUT2D eigenvalue weighted by atomic mass is 32.1. The highest BCUT2D eigenvalue weighted by Gasteiger charge is 2.45. The van der Waals surface area contributed by atoms with E-state index in [0.29, 0.717) is 37.4 Å². The van der Waals surface area contributed by atoms with E-state index in [4.69, 9.17) is 0 Å². The van der Waals surface area contributed by atoms with Crippen LogP contribution in [-0.2, 0) is 14.4 Å². The maximum Gasteiger partial charge on any atom is 0.246 e. The number of aryl methyl sites for hydroxylation is 1. The second-order valence-corrected chi connectivity index (χ2v) is 17.4. The Labute approximate surface area is 348 Å². The number of thiazole rings is 1. The van der Waals surface area contributed by atoms with Crippen LogP contribution in [0, 0.1) is 18.2 Å². The zero-order valence-electron chi connectivity index (χ0n) is 34.1. The summed E-state index contributed by atoms with van der Waals surface area (Å²) in [7, 11) is 0. The number of aliphatic hydroxyl groups is 1. The molecule has 3 amide bonds. The number of carbonyl (C=O) groups is 3. The molecule has 3 aromatic carbocycles. The third kappa shape index (κ3) is 9.67. The number of hydrogen-bond donors (Lipinski definition) is 3. The number of hydrogen-bond acceptors (Lipinski definition) is 10. The number of halogens is 1. The molecule has 59 heavy (non-hydrogen) atoms. The van der Waals surface area contributed by atoms with Gasteiger partial charge in [0.1, 0.15) is 17.9 Å². The fourth-order valence-corrected chi connectivity index (χ4v) is 8.59. The molecule has 14 heteroatoms. The molecule has 2 fully saturated rings. The second kappa shape index (κ2) is 17.7. The van der Waals surface area contributed by atoms with E-state index in [2.05, 4.69) is 35.6 Å². The van der Waals surface area contributed by atoms with Crippen LogP contribution in [0.25, 0.3) is 32.8 Å². The van der Waals surface area contributed by atoms with Crippen LogP contribution in [0.1, 0.15) is 51.4 Å². The van der Waals surface area contributed by atoms with Gasteiger partial charge in [0.25, 0.3) is 0 Å². The molecule has 0 saturated carbocycles. The van der Waals surface area contributed by atoms with E-state index in [1.165, 1.54) is 11.0 Å². The summed E-state index contributed by atoms with van der Waals surface area (Å²) in [4.78, 5) is 52.6. The molecule has 0 bridgehead atoms. The molecular formula is C45H51FN8O4S. The fourth-order valence-electron chi connectivity index (χ4n) is 7.78. The molecule has 0 unspecified atom stereocenters. The van der Waals surface area contributed by atoms with E-state index >= 15 is 0 Å². The molecule has 2 aliphatic rings.